The van der Waals surface area contributed by atoms with Crippen molar-refractivity contribution in [2.45, 2.75) is 31.8 Å². The lowest BCUT2D eigenvalue weighted by Crippen LogP contribution is -2.30. The normalized spacial score (nSPS) is 36.6. The predicted octanol–water partition coefficient (Wildman–Crippen LogP) is 0.798. The van der Waals surface area contributed by atoms with Gasteiger partial charge in [0.1, 0.15) is 0 Å². The van der Waals surface area contributed by atoms with Crippen LogP contribution in [0.5, 0.6) is 0 Å². The fraction of sp³-hybridized carbons (Fsp3) is 0.875. The maximum absolute atomic E-state index is 11.3. The van der Waals surface area contributed by atoms with Gasteiger partial charge in [0.05, 0.1) is 0 Å². The quantitative estimate of drug-likeness (QED) is 0.720. The van der Waals surface area contributed by atoms with Gasteiger partial charge in [0, 0.05) is 25.0 Å². The molecule has 13 heavy (non-hydrogen) atoms. The smallest absolute Gasteiger partial charge is 0.224 e. The van der Waals surface area contributed by atoms with Gasteiger partial charge in [-0.1, -0.05) is 6.92 Å². The minimum Gasteiger partial charge on any atom is -0.338 e. The second kappa shape index (κ2) is 4.49. The summed E-state index contributed by atoms with van der Waals surface area (Å²) in [7, 11) is 0. The summed E-state index contributed by atoms with van der Waals surface area (Å²) < 4.78 is 0. The van der Waals surface area contributed by atoms with Crippen LogP contribution in [-0.4, -0.2) is 29.4 Å². The Hall–Kier alpha value is 0.01000. The highest BCUT2D eigenvalue weighted by molar-refractivity contribution is 5.85. The molecule has 2 fully saturated rings. The summed E-state index contributed by atoms with van der Waals surface area (Å²) in [5.74, 6) is 0.969. The highest BCUT2D eigenvalue weighted by atomic mass is 35.5. The van der Waals surface area contributed by atoms with E-state index in [1.165, 1.54) is 6.42 Å². The van der Waals surface area contributed by atoms with Gasteiger partial charge in [0.25, 0.3) is 0 Å². The van der Waals surface area contributed by atoms with Crippen molar-refractivity contribution in [3.8, 4) is 0 Å². The summed E-state index contributed by atoms with van der Waals surface area (Å²) >= 11 is 0. The molecule has 1 saturated heterocycles. The van der Waals surface area contributed by atoms with E-state index >= 15 is 0 Å². The maximum Gasteiger partial charge on any atom is 0.224 e. The molecule has 3 atom stereocenters. The first-order valence-corrected chi connectivity index (χ1v) is 4.23. The molecule has 1 aliphatic carbocycles. The lowest BCUT2D eigenvalue weighted by Gasteiger charge is -2.14. The van der Waals surface area contributed by atoms with E-state index in [0.29, 0.717) is 18.4 Å². The van der Waals surface area contributed by atoms with E-state index in [1.807, 2.05) is 4.90 Å². The number of hydrogen-bond acceptors (Lipinski definition) is 2. The number of nitrogens with zero attached hydrogens (tertiary/aromatic N) is 1. The van der Waals surface area contributed by atoms with Gasteiger partial charge in [-0.05, 0) is 12.3 Å². The van der Waals surface area contributed by atoms with Crippen LogP contribution >= 0.6 is 24.8 Å². The largest absolute Gasteiger partial charge is 0.338 e. The van der Waals surface area contributed by atoms with Gasteiger partial charge >= 0.3 is 0 Å². The summed E-state index contributed by atoms with van der Waals surface area (Å²) in [6, 6.07) is 0.617. The summed E-state index contributed by atoms with van der Waals surface area (Å²) in [6.45, 7) is 2.97. The van der Waals surface area contributed by atoms with Gasteiger partial charge in [-0.3, -0.25) is 4.79 Å². The molecule has 1 saturated carbocycles. The van der Waals surface area contributed by atoms with Crippen molar-refractivity contribution in [1.29, 1.82) is 0 Å². The van der Waals surface area contributed by atoms with Crippen LogP contribution in [0.2, 0.25) is 0 Å². The van der Waals surface area contributed by atoms with E-state index in [0.717, 1.165) is 6.54 Å². The van der Waals surface area contributed by atoms with Crippen LogP contribution in [0.4, 0.5) is 0 Å². The Labute approximate surface area is 90.8 Å². The predicted molar refractivity (Wildman–Crippen MR) is 56.4 cm³/mol. The molecule has 5 heteroatoms. The summed E-state index contributed by atoms with van der Waals surface area (Å²) in [5.41, 5.74) is 5.66. The zero-order valence-corrected chi connectivity index (χ0v) is 9.24. The zero-order chi connectivity index (χ0) is 8.01. The third-order valence-corrected chi connectivity index (χ3v) is 2.66. The van der Waals surface area contributed by atoms with Gasteiger partial charge < -0.3 is 10.6 Å². The molecule has 2 aliphatic rings. The number of hydrogen-bond donors (Lipinski definition) is 1. The Kier molecular flexibility index (Phi) is 4.49. The van der Waals surface area contributed by atoms with Gasteiger partial charge in [0.2, 0.25) is 5.91 Å². The molecule has 0 radical (unpaired) electrons. The molecule has 2 N–H and O–H groups in total. The molecule has 1 amide bonds. The average Bonchev–Trinajstić information content (AvgIpc) is 2.52. The lowest BCUT2D eigenvalue weighted by atomic mass is 10.3. The van der Waals surface area contributed by atoms with Crippen molar-refractivity contribution in [1.82, 2.24) is 4.90 Å². The third kappa shape index (κ3) is 2.48. The number of likely N-dealkylation sites (tertiary alicyclic amines) is 1. The molecule has 0 spiro atoms. The second-order valence-electron chi connectivity index (χ2n) is 3.79. The summed E-state index contributed by atoms with van der Waals surface area (Å²) in [5, 5.41) is 0. The van der Waals surface area contributed by atoms with Crippen molar-refractivity contribution in [2.24, 2.45) is 11.7 Å². The highest BCUT2D eigenvalue weighted by Gasteiger charge is 2.43. The minimum absolute atomic E-state index is 0. The fourth-order valence-electron chi connectivity index (χ4n) is 1.82. The fourth-order valence-corrected chi connectivity index (χ4v) is 1.82. The number of rotatable bonds is 1. The zero-order valence-electron chi connectivity index (χ0n) is 7.60. The van der Waals surface area contributed by atoms with Crippen molar-refractivity contribution in [3.05, 3.63) is 0 Å². The van der Waals surface area contributed by atoms with E-state index in [1.54, 1.807) is 0 Å². The highest BCUT2D eigenvalue weighted by Crippen LogP contribution is 2.36. The molecular weight excluding hydrogens is 211 g/mol. The molecule has 1 aliphatic heterocycles. The van der Waals surface area contributed by atoms with Crippen LogP contribution < -0.4 is 5.73 Å². The van der Waals surface area contributed by atoms with E-state index < -0.39 is 0 Å². The van der Waals surface area contributed by atoms with Gasteiger partial charge in [-0.15, -0.1) is 24.8 Å². The summed E-state index contributed by atoms with van der Waals surface area (Å²) in [6.07, 6.45) is 1.74. The van der Waals surface area contributed by atoms with Crippen LogP contribution in [0.15, 0.2) is 0 Å². The van der Waals surface area contributed by atoms with Crippen molar-refractivity contribution in [2.75, 3.05) is 6.54 Å². The number of carbonyl (C=O) groups is 1. The molecule has 0 aromatic heterocycles. The monoisotopic (exact) mass is 226 g/mol. The van der Waals surface area contributed by atoms with Crippen LogP contribution in [0.25, 0.3) is 0 Å². The van der Waals surface area contributed by atoms with Crippen LogP contribution in [-0.2, 0) is 4.79 Å². The van der Waals surface area contributed by atoms with Gasteiger partial charge in [-0.2, -0.15) is 0 Å². The molecule has 3 unspecified atom stereocenters. The molecule has 0 aromatic rings. The van der Waals surface area contributed by atoms with Gasteiger partial charge in [0.15, 0.2) is 0 Å². The Morgan fingerprint density at radius 3 is 2.31 bits per heavy atom. The standard InChI is InChI=1S/C8H14N2O.2ClH/c1-5-2-7(5)10-4-6(9)3-8(10)11;;/h5-7H,2-4,9H2,1H3;2*1H. The molecule has 78 valence electrons. The molecule has 2 rings (SSSR count). The van der Waals surface area contributed by atoms with E-state index in [9.17, 15) is 4.79 Å². The lowest BCUT2D eigenvalue weighted by molar-refractivity contribution is -0.128. The van der Waals surface area contributed by atoms with Crippen LogP contribution in [0.1, 0.15) is 19.8 Å². The van der Waals surface area contributed by atoms with Crippen molar-refractivity contribution in [3.63, 3.8) is 0 Å². The Morgan fingerprint density at radius 2 is 2.00 bits per heavy atom. The van der Waals surface area contributed by atoms with Gasteiger partial charge in [-0.25, -0.2) is 0 Å². The number of nitrogens with two attached hydrogens (primary N) is 1. The second-order valence-corrected chi connectivity index (χ2v) is 3.79. The topological polar surface area (TPSA) is 46.3 Å². The van der Waals surface area contributed by atoms with Crippen molar-refractivity contribution < 1.29 is 4.79 Å². The maximum atomic E-state index is 11.3. The SMILES string of the molecule is CC1CC1N1CC(N)CC1=O.Cl.Cl. The summed E-state index contributed by atoms with van der Waals surface area (Å²) in [4.78, 5) is 13.2. The minimum atomic E-state index is 0. The number of carbonyl (C=O) groups excluding carboxylic acids is 1. The van der Waals surface area contributed by atoms with E-state index in [2.05, 4.69) is 6.92 Å². The first-order valence-electron chi connectivity index (χ1n) is 4.23. The van der Waals surface area contributed by atoms with Crippen molar-refractivity contribution >= 4 is 30.7 Å². The molecular formula is C8H16Cl2N2O. The van der Waals surface area contributed by atoms with E-state index in [4.69, 9.17) is 5.73 Å². The first-order chi connectivity index (χ1) is 5.18. The van der Waals surface area contributed by atoms with Crippen LogP contribution in [0, 0.1) is 5.92 Å². The molecule has 3 nitrogen and oxygen atoms in total. The molecule has 0 bridgehead atoms. The number of halogens is 2. The first kappa shape index (κ1) is 13.0. The van der Waals surface area contributed by atoms with E-state index in [-0.39, 0.29) is 36.8 Å². The molecule has 0 aromatic carbocycles. The Morgan fingerprint density at radius 1 is 1.46 bits per heavy atom. The molecule has 1 heterocycles. The average molecular weight is 227 g/mol. The van der Waals surface area contributed by atoms with Crippen LogP contribution in [0.3, 0.4) is 0 Å². The Bertz CT molecular complexity index is 201. The Balaban J connectivity index is 0.000000720. The number of amides is 1. The third-order valence-electron chi connectivity index (χ3n) is 2.66.